The summed E-state index contributed by atoms with van der Waals surface area (Å²) in [5.41, 5.74) is 4.40. The molecular formula is C10H13BrClN. The monoisotopic (exact) mass is 261 g/mol. The maximum atomic E-state index is 3.58. The molecule has 1 nitrogen and oxygen atoms in total. The molecule has 1 heterocycles. The van der Waals surface area contributed by atoms with Gasteiger partial charge in [-0.2, -0.15) is 0 Å². The van der Waals surface area contributed by atoms with Crippen LogP contribution in [0.1, 0.15) is 16.7 Å². The van der Waals surface area contributed by atoms with Gasteiger partial charge < -0.3 is 5.32 Å². The Balaban J connectivity index is 0.000000845. The normalized spacial score (nSPS) is 14.6. The molecular weight excluding hydrogens is 249 g/mol. The maximum Gasteiger partial charge on any atom is 0.0223 e. The molecule has 1 N–H and O–H groups in total. The molecule has 0 saturated heterocycles. The Hall–Kier alpha value is -0.0500. The molecule has 2 rings (SSSR count). The quantitative estimate of drug-likeness (QED) is 0.758. The van der Waals surface area contributed by atoms with Crippen LogP contribution in [-0.2, 0) is 13.0 Å². The number of hydrogen-bond acceptors (Lipinski definition) is 1. The van der Waals surface area contributed by atoms with Crippen LogP contribution >= 0.6 is 28.3 Å². The highest BCUT2D eigenvalue weighted by atomic mass is 79.9. The van der Waals surface area contributed by atoms with Crippen molar-refractivity contribution in [2.45, 2.75) is 19.9 Å². The summed E-state index contributed by atoms with van der Waals surface area (Å²) in [7, 11) is 0. The molecule has 0 atom stereocenters. The fourth-order valence-electron chi connectivity index (χ4n) is 1.75. The summed E-state index contributed by atoms with van der Waals surface area (Å²) in [5.74, 6) is 0. The van der Waals surface area contributed by atoms with Crippen LogP contribution in [0.4, 0.5) is 0 Å². The molecule has 13 heavy (non-hydrogen) atoms. The minimum absolute atomic E-state index is 0. The average molecular weight is 263 g/mol. The zero-order valence-electron chi connectivity index (χ0n) is 7.56. The predicted molar refractivity (Wildman–Crippen MR) is 61.5 cm³/mol. The van der Waals surface area contributed by atoms with Gasteiger partial charge in [-0.1, -0.05) is 22.0 Å². The van der Waals surface area contributed by atoms with Crippen LogP contribution in [0.2, 0.25) is 0 Å². The van der Waals surface area contributed by atoms with E-state index in [2.05, 4.69) is 40.3 Å². The molecule has 1 aliphatic rings. The summed E-state index contributed by atoms with van der Waals surface area (Å²) >= 11 is 3.58. The van der Waals surface area contributed by atoms with Crippen LogP contribution in [0, 0.1) is 6.92 Å². The summed E-state index contributed by atoms with van der Waals surface area (Å²) < 4.78 is 1.25. The van der Waals surface area contributed by atoms with E-state index in [0.29, 0.717) is 0 Å². The Morgan fingerprint density at radius 3 is 2.77 bits per heavy atom. The zero-order valence-corrected chi connectivity index (χ0v) is 9.96. The van der Waals surface area contributed by atoms with Gasteiger partial charge in [0.2, 0.25) is 0 Å². The molecule has 3 heteroatoms. The van der Waals surface area contributed by atoms with Crippen LogP contribution < -0.4 is 5.32 Å². The highest BCUT2D eigenvalue weighted by molar-refractivity contribution is 9.10. The smallest absolute Gasteiger partial charge is 0.0223 e. The topological polar surface area (TPSA) is 12.0 Å². The predicted octanol–water partition coefficient (Wildman–Crippen LogP) is 2.83. The van der Waals surface area contributed by atoms with Crippen molar-refractivity contribution < 1.29 is 0 Å². The van der Waals surface area contributed by atoms with Crippen molar-refractivity contribution in [3.63, 3.8) is 0 Å². The molecule has 1 aromatic carbocycles. The molecule has 1 aliphatic heterocycles. The van der Waals surface area contributed by atoms with Crippen LogP contribution in [-0.4, -0.2) is 6.54 Å². The van der Waals surface area contributed by atoms with Crippen LogP contribution in [0.5, 0.6) is 0 Å². The van der Waals surface area contributed by atoms with E-state index in [-0.39, 0.29) is 12.4 Å². The number of aryl methyl sites for hydroxylation is 1. The Kier molecular flexibility index (Phi) is 3.77. The zero-order chi connectivity index (χ0) is 8.55. The minimum Gasteiger partial charge on any atom is -0.312 e. The van der Waals surface area contributed by atoms with Gasteiger partial charge in [-0.15, -0.1) is 12.4 Å². The van der Waals surface area contributed by atoms with Gasteiger partial charge in [-0.05, 0) is 42.6 Å². The van der Waals surface area contributed by atoms with Crippen LogP contribution in [0.25, 0.3) is 0 Å². The van der Waals surface area contributed by atoms with Crippen molar-refractivity contribution in [1.29, 1.82) is 0 Å². The maximum absolute atomic E-state index is 3.58. The fourth-order valence-corrected chi connectivity index (χ4v) is 2.26. The number of rotatable bonds is 0. The van der Waals surface area contributed by atoms with Crippen molar-refractivity contribution in [2.24, 2.45) is 0 Å². The van der Waals surface area contributed by atoms with Crippen LogP contribution in [0.3, 0.4) is 0 Å². The molecule has 0 bridgehead atoms. The van der Waals surface area contributed by atoms with Crippen molar-refractivity contribution in [2.75, 3.05) is 6.54 Å². The van der Waals surface area contributed by atoms with Gasteiger partial charge in [-0.25, -0.2) is 0 Å². The first kappa shape index (κ1) is 11.0. The van der Waals surface area contributed by atoms with E-state index in [1.165, 1.54) is 27.6 Å². The Morgan fingerprint density at radius 1 is 1.31 bits per heavy atom. The van der Waals surface area contributed by atoms with Gasteiger partial charge in [-0.3, -0.25) is 0 Å². The summed E-state index contributed by atoms with van der Waals surface area (Å²) in [5, 5.41) is 3.38. The molecule has 0 amide bonds. The Labute approximate surface area is 93.5 Å². The van der Waals surface area contributed by atoms with E-state index >= 15 is 0 Å². The number of hydrogen-bond donors (Lipinski definition) is 1. The summed E-state index contributed by atoms with van der Waals surface area (Å²) in [6, 6.07) is 4.33. The molecule has 0 spiro atoms. The molecule has 0 fully saturated rings. The van der Waals surface area contributed by atoms with Gasteiger partial charge in [0.15, 0.2) is 0 Å². The van der Waals surface area contributed by atoms with Crippen molar-refractivity contribution in [3.8, 4) is 0 Å². The van der Waals surface area contributed by atoms with Gasteiger partial charge in [0.25, 0.3) is 0 Å². The minimum atomic E-state index is 0. The van der Waals surface area contributed by atoms with E-state index in [4.69, 9.17) is 0 Å². The second-order valence-corrected chi connectivity index (χ2v) is 4.10. The van der Waals surface area contributed by atoms with Crippen molar-refractivity contribution in [3.05, 3.63) is 33.3 Å². The molecule has 0 aliphatic carbocycles. The van der Waals surface area contributed by atoms with E-state index in [1.54, 1.807) is 0 Å². The van der Waals surface area contributed by atoms with E-state index in [9.17, 15) is 0 Å². The largest absolute Gasteiger partial charge is 0.312 e. The van der Waals surface area contributed by atoms with E-state index in [1.807, 2.05) is 0 Å². The second kappa shape index (κ2) is 4.45. The van der Waals surface area contributed by atoms with Crippen molar-refractivity contribution in [1.82, 2.24) is 5.32 Å². The lowest BCUT2D eigenvalue weighted by atomic mass is 9.96. The summed E-state index contributed by atoms with van der Waals surface area (Å²) in [6.07, 6.45) is 1.17. The number of halogens is 2. The molecule has 72 valence electrons. The SMILES string of the molecule is Cc1ccc(Br)c2c1CCNC2.Cl. The molecule has 0 unspecified atom stereocenters. The summed E-state index contributed by atoms with van der Waals surface area (Å²) in [6.45, 7) is 4.32. The Bertz CT molecular complexity index is 281. The lowest BCUT2D eigenvalue weighted by Gasteiger charge is -2.20. The third-order valence-electron chi connectivity index (χ3n) is 2.46. The lowest BCUT2D eigenvalue weighted by Crippen LogP contribution is -2.24. The van der Waals surface area contributed by atoms with E-state index in [0.717, 1.165) is 13.1 Å². The van der Waals surface area contributed by atoms with Gasteiger partial charge in [0.05, 0.1) is 0 Å². The van der Waals surface area contributed by atoms with E-state index < -0.39 is 0 Å². The third-order valence-corrected chi connectivity index (χ3v) is 3.20. The van der Waals surface area contributed by atoms with Gasteiger partial charge in [0.1, 0.15) is 0 Å². The highest BCUT2D eigenvalue weighted by Gasteiger charge is 2.12. The number of benzene rings is 1. The average Bonchev–Trinajstić information content (AvgIpc) is 2.12. The highest BCUT2D eigenvalue weighted by Crippen LogP contribution is 2.25. The number of fused-ring (bicyclic) bond motifs is 1. The van der Waals surface area contributed by atoms with Gasteiger partial charge in [0, 0.05) is 11.0 Å². The first-order chi connectivity index (χ1) is 5.79. The fraction of sp³-hybridized carbons (Fsp3) is 0.400. The van der Waals surface area contributed by atoms with Gasteiger partial charge >= 0.3 is 0 Å². The first-order valence-corrected chi connectivity index (χ1v) is 5.06. The Morgan fingerprint density at radius 2 is 2.08 bits per heavy atom. The van der Waals surface area contributed by atoms with Crippen LogP contribution in [0.15, 0.2) is 16.6 Å². The molecule has 1 aromatic rings. The third kappa shape index (κ3) is 2.06. The molecule has 0 radical (unpaired) electrons. The molecule has 0 aromatic heterocycles. The molecule has 0 saturated carbocycles. The van der Waals surface area contributed by atoms with Crippen molar-refractivity contribution >= 4 is 28.3 Å². The second-order valence-electron chi connectivity index (χ2n) is 3.25. The first-order valence-electron chi connectivity index (χ1n) is 4.26. The lowest BCUT2D eigenvalue weighted by molar-refractivity contribution is 0.639. The summed E-state index contributed by atoms with van der Waals surface area (Å²) in [4.78, 5) is 0. The number of nitrogens with one attached hydrogen (secondary N) is 1. The standard InChI is InChI=1S/C10H12BrN.ClH/c1-7-2-3-10(11)9-6-12-5-4-8(7)9;/h2-3,12H,4-6H2,1H3;1H.